The van der Waals surface area contributed by atoms with Gasteiger partial charge in [-0.1, -0.05) is 24.3 Å². The van der Waals surface area contributed by atoms with E-state index in [0.29, 0.717) is 6.04 Å². The molecule has 20 heavy (non-hydrogen) atoms. The third kappa shape index (κ3) is 3.84. The Morgan fingerprint density at radius 3 is 2.65 bits per heavy atom. The highest BCUT2D eigenvalue weighted by atomic mass is 16.5. The van der Waals surface area contributed by atoms with Crippen molar-refractivity contribution in [2.75, 3.05) is 31.6 Å². The van der Waals surface area contributed by atoms with Gasteiger partial charge >= 0.3 is 0 Å². The van der Waals surface area contributed by atoms with E-state index in [1.54, 1.807) is 0 Å². The maximum absolute atomic E-state index is 5.38. The molecule has 1 N–H and O–H groups in total. The van der Waals surface area contributed by atoms with Crippen LogP contribution in [0.1, 0.15) is 24.8 Å². The molecule has 1 heterocycles. The first-order valence-corrected chi connectivity index (χ1v) is 7.72. The zero-order valence-electron chi connectivity index (χ0n) is 12.1. The van der Waals surface area contributed by atoms with E-state index in [9.17, 15) is 0 Å². The zero-order chi connectivity index (χ0) is 13.6. The van der Waals surface area contributed by atoms with Crippen LogP contribution >= 0.6 is 0 Å². The molecule has 1 aliphatic heterocycles. The van der Waals surface area contributed by atoms with Crippen molar-refractivity contribution in [3.63, 3.8) is 0 Å². The SMILES string of the molecule is C1=CC(Nc2ccc(CN3CCOCC3)cc2)CCC1. The van der Waals surface area contributed by atoms with Gasteiger partial charge in [-0.2, -0.15) is 0 Å². The lowest BCUT2D eigenvalue weighted by atomic mass is 10.0. The number of hydrogen-bond donors (Lipinski definition) is 1. The largest absolute Gasteiger partial charge is 0.379 e. The van der Waals surface area contributed by atoms with Gasteiger partial charge in [0, 0.05) is 31.4 Å². The van der Waals surface area contributed by atoms with Crippen LogP contribution in [0.4, 0.5) is 5.69 Å². The molecular formula is C17H24N2O. The summed E-state index contributed by atoms with van der Waals surface area (Å²) in [5, 5.41) is 3.59. The number of rotatable bonds is 4. The van der Waals surface area contributed by atoms with Crippen molar-refractivity contribution in [2.45, 2.75) is 31.8 Å². The molecule has 0 aromatic heterocycles. The van der Waals surface area contributed by atoms with Gasteiger partial charge in [0.15, 0.2) is 0 Å². The maximum atomic E-state index is 5.38. The molecule has 1 aliphatic carbocycles. The topological polar surface area (TPSA) is 24.5 Å². The number of anilines is 1. The first-order valence-electron chi connectivity index (χ1n) is 7.72. The fourth-order valence-corrected chi connectivity index (χ4v) is 2.87. The summed E-state index contributed by atoms with van der Waals surface area (Å²) in [4.78, 5) is 2.45. The van der Waals surface area contributed by atoms with Gasteiger partial charge in [-0.15, -0.1) is 0 Å². The predicted octanol–water partition coefficient (Wildman–Crippen LogP) is 3.04. The third-order valence-corrected chi connectivity index (χ3v) is 4.07. The molecule has 0 spiro atoms. The molecule has 1 saturated heterocycles. The van der Waals surface area contributed by atoms with Crippen LogP contribution in [0.3, 0.4) is 0 Å². The first kappa shape index (κ1) is 13.7. The molecule has 1 atom stereocenters. The van der Waals surface area contributed by atoms with Gasteiger partial charge < -0.3 is 10.1 Å². The number of nitrogens with one attached hydrogen (secondary N) is 1. The summed E-state index contributed by atoms with van der Waals surface area (Å²) in [6.45, 7) is 4.87. The quantitative estimate of drug-likeness (QED) is 0.853. The standard InChI is InChI=1S/C17H24N2O/c1-2-4-16(5-3-1)18-17-8-6-15(7-9-17)14-19-10-12-20-13-11-19/h2,4,6-9,16,18H,1,3,5,10-14H2. The molecule has 3 nitrogen and oxygen atoms in total. The van der Waals surface area contributed by atoms with E-state index in [2.05, 4.69) is 46.6 Å². The van der Waals surface area contributed by atoms with Crippen LogP contribution < -0.4 is 5.32 Å². The summed E-state index contributed by atoms with van der Waals surface area (Å²) in [5.74, 6) is 0. The van der Waals surface area contributed by atoms with Crippen LogP contribution in [0.15, 0.2) is 36.4 Å². The molecule has 0 saturated carbocycles. The Balaban J connectivity index is 1.53. The van der Waals surface area contributed by atoms with Gasteiger partial charge in [-0.25, -0.2) is 0 Å². The van der Waals surface area contributed by atoms with Crippen LogP contribution in [0.2, 0.25) is 0 Å². The molecule has 0 bridgehead atoms. The van der Waals surface area contributed by atoms with Gasteiger partial charge in [0.25, 0.3) is 0 Å². The van der Waals surface area contributed by atoms with Crippen LogP contribution in [-0.2, 0) is 11.3 Å². The van der Waals surface area contributed by atoms with Crippen LogP contribution in [0.25, 0.3) is 0 Å². The maximum Gasteiger partial charge on any atom is 0.0594 e. The number of benzene rings is 1. The number of nitrogens with zero attached hydrogens (tertiary/aromatic N) is 1. The summed E-state index contributed by atoms with van der Waals surface area (Å²) >= 11 is 0. The first-order chi connectivity index (χ1) is 9.90. The second-order valence-corrected chi connectivity index (χ2v) is 5.70. The Morgan fingerprint density at radius 1 is 1.15 bits per heavy atom. The van der Waals surface area contributed by atoms with E-state index in [1.165, 1.54) is 30.5 Å². The highest BCUT2D eigenvalue weighted by molar-refractivity contribution is 5.46. The fraction of sp³-hybridized carbons (Fsp3) is 0.529. The zero-order valence-corrected chi connectivity index (χ0v) is 12.1. The predicted molar refractivity (Wildman–Crippen MR) is 82.9 cm³/mol. The summed E-state index contributed by atoms with van der Waals surface area (Å²) in [5.41, 5.74) is 2.61. The van der Waals surface area contributed by atoms with Crippen molar-refractivity contribution in [3.05, 3.63) is 42.0 Å². The fourth-order valence-electron chi connectivity index (χ4n) is 2.87. The van der Waals surface area contributed by atoms with Gasteiger partial charge in [0.1, 0.15) is 0 Å². The van der Waals surface area contributed by atoms with Gasteiger partial charge in [0.05, 0.1) is 13.2 Å². The van der Waals surface area contributed by atoms with E-state index < -0.39 is 0 Å². The van der Waals surface area contributed by atoms with E-state index in [-0.39, 0.29) is 0 Å². The van der Waals surface area contributed by atoms with Crippen molar-refractivity contribution in [3.8, 4) is 0 Å². The van der Waals surface area contributed by atoms with E-state index >= 15 is 0 Å². The summed E-state index contributed by atoms with van der Waals surface area (Å²) in [6, 6.07) is 9.40. The molecule has 1 aromatic carbocycles. The van der Waals surface area contributed by atoms with Gasteiger partial charge in [0.2, 0.25) is 0 Å². The lowest BCUT2D eigenvalue weighted by Gasteiger charge is -2.26. The Kier molecular flexibility index (Phi) is 4.72. The lowest BCUT2D eigenvalue weighted by Crippen LogP contribution is -2.35. The Bertz CT molecular complexity index is 435. The van der Waals surface area contributed by atoms with Crippen molar-refractivity contribution in [1.82, 2.24) is 4.90 Å². The van der Waals surface area contributed by atoms with Gasteiger partial charge in [-0.05, 0) is 37.0 Å². The van der Waals surface area contributed by atoms with E-state index in [4.69, 9.17) is 4.74 Å². The van der Waals surface area contributed by atoms with E-state index in [0.717, 1.165) is 32.8 Å². The van der Waals surface area contributed by atoms with E-state index in [1.807, 2.05) is 0 Å². The minimum Gasteiger partial charge on any atom is -0.379 e. The highest BCUT2D eigenvalue weighted by Gasteiger charge is 2.11. The van der Waals surface area contributed by atoms with Crippen molar-refractivity contribution in [2.24, 2.45) is 0 Å². The average Bonchev–Trinajstić information content (AvgIpc) is 2.51. The smallest absolute Gasteiger partial charge is 0.0594 e. The Morgan fingerprint density at radius 2 is 1.95 bits per heavy atom. The molecule has 1 unspecified atom stereocenters. The molecule has 3 heteroatoms. The number of allylic oxidation sites excluding steroid dienone is 1. The normalized spacial score (nSPS) is 23.7. The van der Waals surface area contributed by atoms with Gasteiger partial charge in [-0.3, -0.25) is 4.90 Å². The Hall–Kier alpha value is -1.32. The van der Waals surface area contributed by atoms with Crippen molar-refractivity contribution < 1.29 is 4.74 Å². The van der Waals surface area contributed by atoms with Crippen LogP contribution in [-0.4, -0.2) is 37.2 Å². The van der Waals surface area contributed by atoms with Crippen molar-refractivity contribution >= 4 is 5.69 Å². The molecule has 2 aliphatic rings. The average molecular weight is 272 g/mol. The number of morpholine rings is 1. The second kappa shape index (κ2) is 6.91. The molecular weight excluding hydrogens is 248 g/mol. The summed E-state index contributed by atoms with van der Waals surface area (Å²) < 4.78 is 5.38. The lowest BCUT2D eigenvalue weighted by molar-refractivity contribution is 0.0342. The summed E-state index contributed by atoms with van der Waals surface area (Å²) in [6.07, 6.45) is 8.35. The third-order valence-electron chi connectivity index (χ3n) is 4.07. The Labute approximate surface area is 121 Å². The van der Waals surface area contributed by atoms with Crippen LogP contribution in [0.5, 0.6) is 0 Å². The molecule has 1 fully saturated rings. The molecule has 1 aromatic rings. The highest BCUT2D eigenvalue weighted by Crippen LogP contribution is 2.18. The minimum absolute atomic E-state index is 0.508. The molecule has 0 radical (unpaired) electrons. The van der Waals surface area contributed by atoms with Crippen LogP contribution in [0, 0.1) is 0 Å². The second-order valence-electron chi connectivity index (χ2n) is 5.70. The van der Waals surface area contributed by atoms with Crippen molar-refractivity contribution in [1.29, 1.82) is 0 Å². The minimum atomic E-state index is 0.508. The monoisotopic (exact) mass is 272 g/mol. The molecule has 3 rings (SSSR count). The number of ether oxygens (including phenoxy) is 1. The molecule has 0 amide bonds. The summed E-state index contributed by atoms with van der Waals surface area (Å²) in [7, 11) is 0. The number of hydrogen-bond acceptors (Lipinski definition) is 3. The molecule has 108 valence electrons.